The summed E-state index contributed by atoms with van der Waals surface area (Å²) >= 11 is 0. The minimum absolute atomic E-state index is 0.438. The third-order valence-electron chi connectivity index (χ3n) is 4.24. The van der Waals surface area contributed by atoms with Gasteiger partial charge in [0.2, 0.25) is 0 Å². The van der Waals surface area contributed by atoms with Crippen molar-refractivity contribution in [3.8, 4) is 0 Å². The number of anilines is 1. The molecule has 0 unspecified atom stereocenters. The number of hydrogen-bond donors (Lipinski definition) is 2. The lowest BCUT2D eigenvalue weighted by Gasteiger charge is -2.27. The van der Waals surface area contributed by atoms with Gasteiger partial charge < -0.3 is 11.1 Å². The van der Waals surface area contributed by atoms with Crippen molar-refractivity contribution in [2.45, 2.75) is 57.0 Å². The molecule has 1 aromatic carbocycles. The van der Waals surface area contributed by atoms with E-state index in [9.17, 15) is 0 Å². The van der Waals surface area contributed by atoms with Gasteiger partial charge in [0.15, 0.2) is 0 Å². The van der Waals surface area contributed by atoms with Gasteiger partial charge in [0.05, 0.1) is 0 Å². The van der Waals surface area contributed by atoms with Gasteiger partial charge in [0.1, 0.15) is 0 Å². The molecule has 3 N–H and O–H groups in total. The van der Waals surface area contributed by atoms with Crippen LogP contribution in [-0.2, 0) is 12.8 Å². The molecule has 0 radical (unpaired) electrons. The first-order valence-electron chi connectivity index (χ1n) is 6.95. The number of rotatable bonds is 2. The van der Waals surface area contributed by atoms with Crippen LogP contribution < -0.4 is 11.1 Å². The Hall–Kier alpha value is -1.02. The fourth-order valence-electron chi connectivity index (χ4n) is 3.16. The van der Waals surface area contributed by atoms with E-state index in [0.29, 0.717) is 12.1 Å². The molecule has 0 atom stereocenters. The Morgan fingerprint density at radius 2 is 1.76 bits per heavy atom. The lowest BCUT2D eigenvalue weighted by Crippen LogP contribution is -2.32. The number of nitrogens with two attached hydrogens (primary N) is 1. The maximum absolute atomic E-state index is 5.94. The van der Waals surface area contributed by atoms with Crippen molar-refractivity contribution in [2.75, 3.05) is 5.32 Å². The summed E-state index contributed by atoms with van der Waals surface area (Å²) in [7, 11) is 0. The predicted octanol–water partition coefficient (Wildman–Crippen LogP) is 2.86. The van der Waals surface area contributed by atoms with Crippen LogP contribution in [0.4, 0.5) is 5.69 Å². The van der Waals surface area contributed by atoms with E-state index in [4.69, 9.17) is 5.73 Å². The van der Waals surface area contributed by atoms with Crippen molar-refractivity contribution in [3.05, 3.63) is 29.3 Å². The minimum atomic E-state index is 0.438. The number of hydrogen-bond acceptors (Lipinski definition) is 2. The second-order valence-electron chi connectivity index (χ2n) is 5.59. The van der Waals surface area contributed by atoms with E-state index in [1.54, 1.807) is 11.1 Å². The Bertz CT molecular complexity index is 392. The van der Waals surface area contributed by atoms with Crippen molar-refractivity contribution < 1.29 is 0 Å². The molecule has 0 aliphatic heterocycles. The molecule has 2 nitrogen and oxygen atoms in total. The van der Waals surface area contributed by atoms with Gasteiger partial charge in [0.25, 0.3) is 0 Å². The molecular weight excluding hydrogens is 208 g/mol. The molecular formula is C15H22N2. The standard InChI is InChI=1S/C15H22N2/c16-13-5-8-14(9-6-13)17-15-7-4-11-2-1-3-12(11)10-15/h4,7,10,13-14,17H,1-3,5-6,8-9,16H2. The molecule has 3 rings (SSSR count). The minimum Gasteiger partial charge on any atom is -0.382 e. The summed E-state index contributed by atoms with van der Waals surface area (Å²) in [4.78, 5) is 0. The quantitative estimate of drug-likeness (QED) is 0.820. The predicted molar refractivity (Wildman–Crippen MR) is 72.3 cm³/mol. The molecule has 0 aromatic heterocycles. The molecule has 1 fully saturated rings. The highest BCUT2D eigenvalue weighted by atomic mass is 14.9. The first-order chi connectivity index (χ1) is 8.31. The van der Waals surface area contributed by atoms with Gasteiger partial charge in [-0.2, -0.15) is 0 Å². The Labute approximate surface area is 104 Å². The summed E-state index contributed by atoms with van der Waals surface area (Å²) in [6.07, 6.45) is 8.65. The van der Waals surface area contributed by atoms with E-state index < -0.39 is 0 Å². The van der Waals surface area contributed by atoms with Gasteiger partial charge in [-0.15, -0.1) is 0 Å². The van der Waals surface area contributed by atoms with Crippen molar-refractivity contribution in [3.63, 3.8) is 0 Å². The van der Waals surface area contributed by atoms with Crippen molar-refractivity contribution in [1.29, 1.82) is 0 Å². The first-order valence-corrected chi connectivity index (χ1v) is 6.95. The zero-order valence-corrected chi connectivity index (χ0v) is 10.4. The van der Waals surface area contributed by atoms with Crippen LogP contribution in [0, 0.1) is 0 Å². The summed E-state index contributed by atoms with van der Waals surface area (Å²) < 4.78 is 0. The van der Waals surface area contributed by atoms with Gasteiger partial charge >= 0.3 is 0 Å². The zero-order chi connectivity index (χ0) is 11.7. The Morgan fingerprint density at radius 1 is 1.00 bits per heavy atom. The number of aryl methyl sites for hydroxylation is 2. The molecule has 0 amide bonds. The summed E-state index contributed by atoms with van der Waals surface area (Å²) in [6.45, 7) is 0. The summed E-state index contributed by atoms with van der Waals surface area (Å²) in [5, 5.41) is 3.68. The lowest BCUT2D eigenvalue weighted by atomic mass is 9.91. The molecule has 2 aliphatic carbocycles. The third kappa shape index (κ3) is 2.47. The van der Waals surface area contributed by atoms with Crippen LogP contribution in [-0.4, -0.2) is 12.1 Å². The lowest BCUT2D eigenvalue weighted by molar-refractivity contribution is 0.411. The number of benzene rings is 1. The second-order valence-corrected chi connectivity index (χ2v) is 5.59. The number of fused-ring (bicyclic) bond motifs is 1. The van der Waals surface area contributed by atoms with Crippen LogP contribution in [0.1, 0.15) is 43.2 Å². The van der Waals surface area contributed by atoms with Crippen molar-refractivity contribution in [1.82, 2.24) is 0 Å². The molecule has 1 saturated carbocycles. The highest BCUT2D eigenvalue weighted by Gasteiger charge is 2.18. The van der Waals surface area contributed by atoms with E-state index in [-0.39, 0.29) is 0 Å². The zero-order valence-electron chi connectivity index (χ0n) is 10.4. The Morgan fingerprint density at radius 3 is 2.59 bits per heavy atom. The van der Waals surface area contributed by atoms with Crippen LogP contribution in [0.15, 0.2) is 18.2 Å². The van der Waals surface area contributed by atoms with Gasteiger partial charge in [-0.05, 0) is 68.2 Å². The average Bonchev–Trinajstić information content (AvgIpc) is 2.79. The van der Waals surface area contributed by atoms with E-state index in [1.165, 1.54) is 50.6 Å². The molecule has 2 aliphatic rings. The second kappa shape index (κ2) is 4.69. The molecule has 1 aromatic rings. The van der Waals surface area contributed by atoms with Crippen molar-refractivity contribution >= 4 is 5.69 Å². The van der Waals surface area contributed by atoms with Crippen LogP contribution in [0.3, 0.4) is 0 Å². The summed E-state index contributed by atoms with van der Waals surface area (Å²) in [6, 6.07) is 7.98. The molecule has 2 heteroatoms. The fourth-order valence-corrected chi connectivity index (χ4v) is 3.16. The van der Waals surface area contributed by atoms with E-state index in [2.05, 4.69) is 23.5 Å². The SMILES string of the molecule is NC1CCC(Nc2ccc3c(c2)CCC3)CC1. The van der Waals surface area contributed by atoms with Gasteiger partial charge in [-0.25, -0.2) is 0 Å². The highest BCUT2D eigenvalue weighted by Crippen LogP contribution is 2.27. The molecule has 17 heavy (non-hydrogen) atoms. The fraction of sp³-hybridized carbons (Fsp3) is 0.600. The maximum atomic E-state index is 5.94. The van der Waals surface area contributed by atoms with E-state index >= 15 is 0 Å². The molecule has 0 spiro atoms. The van der Waals surface area contributed by atoms with Crippen LogP contribution in [0.5, 0.6) is 0 Å². The highest BCUT2D eigenvalue weighted by molar-refractivity contribution is 5.50. The largest absolute Gasteiger partial charge is 0.382 e. The van der Waals surface area contributed by atoms with Crippen LogP contribution in [0.2, 0.25) is 0 Å². The summed E-state index contributed by atoms with van der Waals surface area (Å²) in [5.41, 5.74) is 10.4. The smallest absolute Gasteiger partial charge is 0.0345 e. The monoisotopic (exact) mass is 230 g/mol. The number of nitrogens with one attached hydrogen (secondary N) is 1. The molecule has 0 heterocycles. The normalized spacial score (nSPS) is 27.8. The van der Waals surface area contributed by atoms with E-state index in [0.717, 1.165) is 0 Å². The Kier molecular flexibility index (Phi) is 3.06. The first kappa shape index (κ1) is 11.1. The van der Waals surface area contributed by atoms with Crippen molar-refractivity contribution in [2.24, 2.45) is 5.73 Å². The van der Waals surface area contributed by atoms with Gasteiger partial charge in [-0.3, -0.25) is 0 Å². The van der Waals surface area contributed by atoms with Gasteiger partial charge in [-0.1, -0.05) is 6.07 Å². The van der Waals surface area contributed by atoms with Crippen LogP contribution in [0.25, 0.3) is 0 Å². The van der Waals surface area contributed by atoms with Crippen LogP contribution >= 0.6 is 0 Å². The third-order valence-corrected chi connectivity index (χ3v) is 4.24. The van der Waals surface area contributed by atoms with Gasteiger partial charge in [0, 0.05) is 17.8 Å². The maximum Gasteiger partial charge on any atom is 0.0345 e. The molecule has 0 saturated heterocycles. The Balaban J connectivity index is 1.65. The average molecular weight is 230 g/mol. The topological polar surface area (TPSA) is 38.0 Å². The summed E-state index contributed by atoms with van der Waals surface area (Å²) in [5.74, 6) is 0. The molecule has 0 bridgehead atoms. The van der Waals surface area contributed by atoms with E-state index in [1.807, 2.05) is 0 Å². The molecule has 92 valence electrons.